The molecular formula is C12H16N4O4. The van der Waals surface area contributed by atoms with Crippen LogP contribution in [0.4, 0.5) is 5.69 Å². The minimum atomic E-state index is -0.595. The fourth-order valence-electron chi connectivity index (χ4n) is 2.27. The Morgan fingerprint density at radius 2 is 2.30 bits per heavy atom. The van der Waals surface area contributed by atoms with E-state index in [0.29, 0.717) is 12.5 Å². The Balaban J connectivity index is 2.19. The van der Waals surface area contributed by atoms with Crippen LogP contribution in [0.15, 0.2) is 17.4 Å². The molecule has 1 heterocycles. The van der Waals surface area contributed by atoms with Crippen molar-refractivity contribution in [3.05, 3.63) is 27.9 Å². The first-order valence-corrected chi connectivity index (χ1v) is 6.37. The average molecular weight is 280 g/mol. The van der Waals surface area contributed by atoms with Gasteiger partial charge in [-0.25, -0.2) is 4.98 Å². The van der Waals surface area contributed by atoms with E-state index in [4.69, 9.17) is 15.7 Å². The van der Waals surface area contributed by atoms with E-state index < -0.39 is 4.92 Å². The molecule has 0 atom stereocenters. The van der Waals surface area contributed by atoms with Gasteiger partial charge in [-0.3, -0.25) is 10.1 Å². The molecule has 1 aromatic heterocycles. The molecule has 1 aliphatic carbocycles. The molecule has 1 fully saturated rings. The van der Waals surface area contributed by atoms with Crippen LogP contribution in [0.5, 0.6) is 5.88 Å². The van der Waals surface area contributed by atoms with Crippen molar-refractivity contribution in [3.8, 4) is 5.88 Å². The normalized spacial score (nSPS) is 16.3. The molecule has 0 aromatic carbocycles. The number of ether oxygens (including phenoxy) is 1. The molecule has 0 aliphatic heterocycles. The summed E-state index contributed by atoms with van der Waals surface area (Å²) < 4.78 is 5.57. The number of hydrogen-bond donors (Lipinski definition) is 2. The molecule has 0 bridgehead atoms. The van der Waals surface area contributed by atoms with Crippen LogP contribution in [0.25, 0.3) is 0 Å². The highest BCUT2D eigenvalue weighted by Gasteiger charge is 2.20. The SMILES string of the molecule is NC(=NO)c1cc([N+](=O)[O-])cnc1OCC1CCCC1. The van der Waals surface area contributed by atoms with E-state index >= 15 is 0 Å². The number of amidine groups is 1. The summed E-state index contributed by atoms with van der Waals surface area (Å²) in [5, 5.41) is 22.3. The van der Waals surface area contributed by atoms with Gasteiger partial charge in [-0.15, -0.1) is 0 Å². The summed E-state index contributed by atoms with van der Waals surface area (Å²) in [5.41, 5.74) is 5.39. The monoisotopic (exact) mass is 280 g/mol. The van der Waals surface area contributed by atoms with Crippen LogP contribution in [-0.4, -0.2) is 27.6 Å². The molecule has 0 unspecified atom stereocenters. The first kappa shape index (κ1) is 14.0. The second kappa shape index (κ2) is 6.18. The first-order valence-electron chi connectivity index (χ1n) is 6.37. The summed E-state index contributed by atoms with van der Waals surface area (Å²) >= 11 is 0. The van der Waals surface area contributed by atoms with Crippen molar-refractivity contribution in [2.24, 2.45) is 16.8 Å². The van der Waals surface area contributed by atoms with Crippen LogP contribution in [0.2, 0.25) is 0 Å². The van der Waals surface area contributed by atoms with Gasteiger partial charge < -0.3 is 15.7 Å². The molecule has 8 heteroatoms. The maximum Gasteiger partial charge on any atom is 0.288 e. The topological polar surface area (TPSA) is 124 Å². The molecule has 1 aromatic rings. The molecular weight excluding hydrogens is 264 g/mol. The summed E-state index contributed by atoms with van der Waals surface area (Å²) in [4.78, 5) is 14.0. The van der Waals surface area contributed by atoms with Crippen molar-refractivity contribution >= 4 is 11.5 Å². The van der Waals surface area contributed by atoms with Gasteiger partial charge in [0.15, 0.2) is 5.84 Å². The Bertz CT molecular complexity index is 526. The minimum absolute atomic E-state index is 0.125. The lowest BCUT2D eigenvalue weighted by atomic mass is 10.1. The molecule has 8 nitrogen and oxygen atoms in total. The van der Waals surface area contributed by atoms with Gasteiger partial charge in [-0.05, 0) is 18.8 Å². The maximum absolute atomic E-state index is 10.7. The molecule has 20 heavy (non-hydrogen) atoms. The van der Waals surface area contributed by atoms with Gasteiger partial charge in [0.05, 0.1) is 17.1 Å². The number of pyridine rings is 1. The number of nitrogens with zero attached hydrogens (tertiary/aromatic N) is 3. The van der Waals surface area contributed by atoms with Crippen molar-refractivity contribution in [2.75, 3.05) is 6.61 Å². The number of oxime groups is 1. The van der Waals surface area contributed by atoms with E-state index in [2.05, 4.69) is 10.1 Å². The van der Waals surface area contributed by atoms with Crippen molar-refractivity contribution in [1.82, 2.24) is 4.98 Å². The van der Waals surface area contributed by atoms with Gasteiger partial charge in [0, 0.05) is 6.07 Å². The second-order valence-corrected chi connectivity index (χ2v) is 4.75. The zero-order valence-electron chi connectivity index (χ0n) is 10.9. The van der Waals surface area contributed by atoms with E-state index in [-0.39, 0.29) is 23.0 Å². The van der Waals surface area contributed by atoms with Crippen LogP contribution >= 0.6 is 0 Å². The smallest absolute Gasteiger partial charge is 0.288 e. The molecule has 0 amide bonds. The molecule has 0 spiro atoms. The highest BCUT2D eigenvalue weighted by atomic mass is 16.6. The zero-order valence-corrected chi connectivity index (χ0v) is 10.9. The Morgan fingerprint density at radius 1 is 1.60 bits per heavy atom. The number of aromatic nitrogens is 1. The number of hydrogen-bond acceptors (Lipinski definition) is 6. The third-order valence-electron chi connectivity index (χ3n) is 3.36. The van der Waals surface area contributed by atoms with Crippen molar-refractivity contribution in [3.63, 3.8) is 0 Å². The summed E-state index contributed by atoms with van der Waals surface area (Å²) in [5.74, 6) is 0.354. The Morgan fingerprint density at radius 3 is 2.90 bits per heavy atom. The standard InChI is InChI=1S/C12H16N4O4/c13-11(15-17)10-5-9(16(18)19)6-14-12(10)20-7-8-3-1-2-4-8/h5-6,8,17H,1-4,7H2,(H2,13,15). The predicted octanol–water partition coefficient (Wildman–Crippen LogP) is 1.65. The summed E-state index contributed by atoms with van der Waals surface area (Å²) in [6.07, 6.45) is 5.68. The van der Waals surface area contributed by atoms with Gasteiger partial charge >= 0.3 is 0 Å². The Hall–Kier alpha value is -2.38. The van der Waals surface area contributed by atoms with Gasteiger partial charge in [-0.2, -0.15) is 0 Å². The molecule has 1 saturated carbocycles. The van der Waals surface area contributed by atoms with E-state index in [9.17, 15) is 10.1 Å². The summed E-state index contributed by atoms with van der Waals surface area (Å²) in [6, 6.07) is 1.19. The Labute approximate surface area is 115 Å². The molecule has 3 N–H and O–H groups in total. The molecule has 1 aliphatic rings. The van der Waals surface area contributed by atoms with Crippen LogP contribution < -0.4 is 10.5 Å². The van der Waals surface area contributed by atoms with Crippen LogP contribution in [-0.2, 0) is 0 Å². The van der Waals surface area contributed by atoms with Gasteiger partial charge in [0.1, 0.15) is 6.20 Å². The number of nitrogens with two attached hydrogens (primary N) is 1. The fourth-order valence-corrected chi connectivity index (χ4v) is 2.27. The lowest BCUT2D eigenvalue weighted by Crippen LogP contribution is -2.18. The van der Waals surface area contributed by atoms with Crippen molar-refractivity contribution in [1.29, 1.82) is 0 Å². The number of nitro groups is 1. The number of rotatable bonds is 5. The van der Waals surface area contributed by atoms with Crippen LogP contribution in [0.3, 0.4) is 0 Å². The van der Waals surface area contributed by atoms with E-state index in [1.165, 1.54) is 18.9 Å². The van der Waals surface area contributed by atoms with Gasteiger partial charge in [-0.1, -0.05) is 18.0 Å². The largest absolute Gasteiger partial charge is 0.477 e. The van der Waals surface area contributed by atoms with Gasteiger partial charge in [0.25, 0.3) is 5.69 Å². The molecule has 2 rings (SSSR count). The van der Waals surface area contributed by atoms with E-state index in [1.54, 1.807) is 0 Å². The predicted molar refractivity (Wildman–Crippen MR) is 70.9 cm³/mol. The third-order valence-corrected chi connectivity index (χ3v) is 3.36. The van der Waals surface area contributed by atoms with Crippen molar-refractivity contribution < 1.29 is 14.9 Å². The summed E-state index contributed by atoms with van der Waals surface area (Å²) in [6.45, 7) is 0.483. The van der Waals surface area contributed by atoms with Crippen LogP contribution in [0.1, 0.15) is 31.2 Å². The fraction of sp³-hybridized carbons (Fsp3) is 0.500. The van der Waals surface area contributed by atoms with Gasteiger partial charge in [0.2, 0.25) is 5.88 Å². The lowest BCUT2D eigenvalue weighted by molar-refractivity contribution is -0.385. The minimum Gasteiger partial charge on any atom is -0.477 e. The van der Waals surface area contributed by atoms with E-state index in [1.807, 2.05) is 0 Å². The lowest BCUT2D eigenvalue weighted by Gasteiger charge is -2.12. The van der Waals surface area contributed by atoms with Crippen molar-refractivity contribution in [2.45, 2.75) is 25.7 Å². The van der Waals surface area contributed by atoms with E-state index in [0.717, 1.165) is 19.0 Å². The zero-order chi connectivity index (χ0) is 14.5. The third kappa shape index (κ3) is 3.14. The quantitative estimate of drug-likeness (QED) is 0.278. The average Bonchev–Trinajstić information content (AvgIpc) is 2.97. The van der Waals surface area contributed by atoms with Crippen LogP contribution in [0, 0.1) is 16.0 Å². The maximum atomic E-state index is 10.7. The second-order valence-electron chi connectivity index (χ2n) is 4.75. The molecule has 0 radical (unpaired) electrons. The molecule has 108 valence electrons. The first-order chi connectivity index (χ1) is 9.61. The highest BCUT2D eigenvalue weighted by molar-refractivity contribution is 5.99. The summed E-state index contributed by atoms with van der Waals surface area (Å²) in [7, 11) is 0. The molecule has 0 saturated heterocycles. The Kier molecular flexibility index (Phi) is 4.34. The highest BCUT2D eigenvalue weighted by Crippen LogP contribution is 2.27.